The van der Waals surface area contributed by atoms with Crippen molar-refractivity contribution >= 4 is 15.2 Å². The van der Waals surface area contributed by atoms with Crippen LogP contribution in [-0.2, 0) is 126 Å². The summed E-state index contributed by atoms with van der Waals surface area (Å²) in [7, 11) is 2.55. The van der Waals surface area contributed by atoms with Crippen molar-refractivity contribution in [2.75, 3.05) is 12.7 Å². The van der Waals surface area contributed by atoms with Gasteiger partial charge in [0, 0.05) is 126 Å². The number of hydrogen-bond acceptors (Lipinski definition) is 0. The molecule has 0 heterocycles. The van der Waals surface area contributed by atoms with Crippen LogP contribution in [0, 0.1) is 0 Å². The van der Waals surface area contributed by atoms with Crippen LogP contribution in [0.5, 0.6) is 0 Å². The van der Waals surface area contributed by atoms with Gasteiger partial charge in [-0.15, -0.1) is 15.8 Å². The molecule has 0 aromatic rings. The van der Waals surface area contributed by atoms with Gasteiger partial charge in [0.05, 0.1) is 0 Å². The fraction of sp³-hybridized carbons (Fsp3) is 0.750. The van der Waals surface area contributed by atoms with Gasteiger partial charge in [-0.25, -0.2) is 0 Å². The maximum absolute atomic E-state index is 8.19. The molecule has 1 unspecified atom stereocenters. The van der Waals surface area contributed by atoms with E-state index in [0.29, 0.717) is 6.54 Å². The van der Waals surface area contributed by atoms with Crippen LogP contribution in [0.4, 0.5) is 0 Å². The van der Waals surface area contributed by atoms with Gasteiger partial charge in [0.1, 0.15) is 0 Å². The first-order valence-corrected chi connectivity index (χ1v) is 3.24. The summed E-state index contributed by atoms with van der Waals surface area (Å²) in [6, 6.07) is 0. The second-order valence-corrected chi connectivity index (χ2v) is 1.92. The average molecular weight is 1230 g/mol. The summed E-state index contributed by atoms with van der Waals surface area (Å²) in [6.07, 6.45) is 1.88. The molecule has 14 heavy (non-hydrogen) atoms. The van der Waals surface area contributed by atoms with Crippen LogP contribution in [0.2, 0.25) is 0 Å². The molecule has 0 fully saturated rings. The van der Waals surface area contributed by atoms with E-state index in [1.54, 1.807) is 0 Å². The summed E-state index contributed by atoms with van der Waals surface area (Å²) >= 11 is 0. The Kier molecular flexibility index (Phi) is 111. The Hall–Kier alpha value is 3.83. The predicted octanol–water partition coefficient (Wildman–Crippen LogP) is 1.59. The van der Waals surface area contributed by atoms with E-state index in [9.17, 15) is 0 Å². The van der Waals surface area contributed by atoms with E-state index in [0.717, 1.165) is 12.6 Å². The third-order valence-electron chi connectivity index (χ3n) is 0.624. The van der Waals surface area contributed by atoms with Gasteiger partial charge in [0.2, 0.25) is 0 Å². The minimum atomic E-state index is -0.566. The SMILES string of the molecule is [N-]=C([NH-])[N-]CCCP.[W].[W].[W].[W].[W].[W]. The van der Waals surface area contributed by atoms with E-state index in [2.05, 4.69) is 14.6 Å². The molecule has 0 aromatic carbocycles. The molecule has 1 atom stereocenters. The molecule has 10 heteroatoms. The maximum atomic E-state index is 8.19. The zero-order chi connectivity index (χ0) is 6.41. The Morgan fingerprint density at radius 1 is 1.07 bits per heavy atom. The van der Waals surface area contributed by atoms with E-state index >= 15 is 0 Å². The minimum Gasteiger partial charge on any atom is -0.845 e. The van der Waals surface area contributed by atoms with Crippen molar-refractivity contribution in [1.82, 2.24) is 0 Å². The summed E-state index contributed by atoms with van der Waals surface area (Å²) in [5, 5.41) is 11.6. The van der Waals surface area contributed by atoms with Crippen LogP contribution < -0.4 is 0 Å². The third kappa shape index (κ3) is 44.7. The molecule has 0 saturated carbocycles. The summed E-state index contributed by atoms with van der Waals surface area (Å²) in [5.41, 5.74) is 6.45. The fourth-order valence-electron chi connectivity index (χ4n) is 0.276. The topological polar surface area (TPSA) is 60.2 Å². The molecule has 0 aliphatic rings. The monoisotopic (exact) mass is 1230 g/mol. The van der Waals surface area contributed by atoms with Crippen LogP contribution in [0.3, 0.4) is 0 Å². The van der Waals surface area contributed by atoms with Crippen molar-refractivity contribution < 1.29 is 126 Å². The largest absolute Gasteiger partial charge is 0.845 e. The zero-order valence-corrected chi connectivity index (χ0v) is 25.8. The Balaban J connectivity index is -0.0000000163. The molecule has 0 aliphatic heterocycles. The summed E-state index contributed by atoms with van der Waals surface area (Å²) < 4.78 is 0. The second-order valence-electron chi connectivity index (χ2n) is 1.35. The van der Waals surface area contributed by atoms with Crippen molar-refractivity contribution in [2.24, 2.45) is 0 Å². The first-order chi connectivity index (χ1) is 3.77. The Morgan fingerprint density at radius 2 is 1.43 bits per heavy atom. The minimum absolute atomic E-state index is 0. The van der Waals surface area contributed by atoms with Crippen molar-refractivity contribution in [3.63, 3.8) is 0 Å². The number of rotatable bonds is 3. The third-order valence-corrected chi connectivity index (χ3v) is 1.03. The average Bonchev–Trinajstić information content (AvgIpc) is 1.66. The first kappa shape index (κ1) is 43.1. The van der Waals surface area contributed by atoms with Gasteiger partial charge in [-0.3, -0.25) is 0 Å². The smallest absolute Gasteiger partial charge is 0 e. The Bertz CT molecular complexity index is 87.5. The molecule has 0 bridgehead atoms. The number of hydrogen-bond donors (Lipinski definition) is 0. The standard InChI is InChI=1S/C4H9N3P.6W/c5-4(6)7-2-1-3-8;;;;;;/h1-3,8H2,(H-3,5,6,7);;;;;;/q-3;;;;;;. The van der Waals surface area contributed by atoms with Gasteiger partial charge < -0.3 is 22.4 Å². The maximum Gasteiger partial charge on any atom is 0 e. The quantitative estimate of drug-likeness (QED) is 0.179. The molecule has 0 radical (unpaired) electrons. The molecule has 0 spiro atoms. The van der Waals surface area contributed by atoms with Crippen LogP contribution >= 0.6 is 9.24 Å². The van der Waals surface area contributed by atoms with E-state index in [4.69, 9.17) is 11.1 Å². The number of nitrogens with zero attached hydrogens (tertiary/aromatic N) is 2. The van der Waals surface area contributed by atoms with Crippen molar-refractivity contribution in [2.45, 2.75) is 6.42 Å². The predicted molar refractivity (Wildman–Crippen MR) is 40.1 cm³/mol. The Morgan fingerprint density at radius 3 is 1.64 bits per heavy atom. The van der Waals surface area contributed by atoms with Gasteiger partial charge in [0.25, 0.3) is 0 Å². The molecule has 84 valence electrons. The van der Waals surface area contributed by atoms with Crippen molar-refractivity contribution in [3.05, 3.63) is 16.5 Å². The van der Waals surface area contributed by atoms with E-state index in [1.165, 1.54) is 0 Å². The van der Waals surface area contributed by atoms with E-state index < -0.39 is 5.96 Å². The van der Waals surface area contributed by atoms with Gasteiger partial charge in [-0.1, -0.05) is 6.42 Å². The molecule has 3 nitrogen and oxygen atoms in total. The van der Waals surface area contributed by atoms with Gasteiger partial charge >= 0.3 is 0 Å². The molecule has 0 aliphatic carbocycles. The van der Waals surface area contributed by atoms with Crippen LogP contribution in [0.1, 0.15) is 6.42 Å². The molecule has 0 rings (SSSR count). The molecule has 1 N–H and O–H groups in total. The van der Waals surface area contributed by atoms with E-state index in [-0.39, 0.29) is 126 Å². The Labute approximate surface area is 174 Å². The molecule has 0 amide bonds. The normalized spacial score (nSPS) is 4.93. The van der Waals surface area contributed by atoms with Crippen LogP contribution in [0.25, 0.3) is 16.5 Å². The molecule has 0 saturated heterocycles. The van der Waals surface area contributed by atoms with Gasteiger partial charge in [0.15, 0.2) is 0 Å². The molecular weight excluding hydrogens is 1220 g/mol. The van der Waals surface area contributed by atoms with Gasteiger partial charge in [-0.05, 0) is 6.16 Å². The van der Waals surface area contributed by atoms with E-state index in [1.807, 2.05) is 0 Å². The van der Waals surface area contributed by atoms with Crippen molar-refractivity contribution in [1.29, 1.82) is 0 Å². The summed E-state index contributed by atoms with van der Waals surface area (Å²) in [6.45, 7) is 0.554. The van der Waals surface area contributed by atoms with Gasteiger partial charge in [-0.2, -0.15) is 0 Å². The molecular formula is C4H9N3PW6-3. The fourth-order valence-corrected chi connectivity index (χ4v) is 0.459. The van der Waals surface area contributed by atoms with Crippen LogP contribution in [0.15, 0.2) is 0 Å². The van der Waals surface area contributed by atoms with Crippen molar-refractivity contribution in [3.8, 4) is 0 Å². The summed E-state index contributed by atoms with van der Waals surface area (Å²) in [4.78, 5) is 0. The summed E-state index contributed by atoms with van der Waals surface area (Å²) in [5.74, 6) is -0.566. The van der Waals surface area contributed by atoms with Crippen LogP contribution in [-0.4, -0.2) is 18.7 Å². The zero-order valence-electron chi connectivity index (χ0n) is 7.04. The second kappa shape index (κ2) is 36.0. The number of nitrogens with one attached hydrogen (secondary N) is 1. The number of guanidine groups is 1. The first-order valence-electron chi connectivity index (χ1n) is 2.42. The molecule has 0 aromatic heterocycles.